The van der Waals surface area contributed by atoms with E-state index in [-0.39, 0.29) is 0 Å². The number of aryl methyl sites for hydroxylation is 2. The maximum Gasteiger partial charge on any atom is 0.647 e. The van der Waals surface area contributed by atoms with E-state index in [4.69, 9.17) is 13.6 Å². The molecule has 0 aromatic heterocycles. The SMILES string of the molecule is CCCc1ccc(OP(=O)(Oc2ccc(C)cc2)Oc2cccc3ccccc23)cc1. The second-order valence-electron chi connectivity index (χ2n) is 7.41. The van der Waals surface area contributed by atoms with Crippen LogP contribution in [0.4, 0.5) is 0 Å². The van der Waals surface area contributed by atoms with Crippen LogP contribution in [0.5, 0.6) is 17.2 Å². The van der Waals surface area contributed by atoms with Gasteiger partial charge in [0.2, 0.25) is 0 Å². The van der Waals surface area contributed by atoms with Gasteiger partial charge in [0.1, 0.15) is 17.2 Å². The topological polar surface area (TPSA) is 44.8 Å². The largest absolute Gasteiger partial charge is 0.647 e. The van der Waals surface area contributed by atoms with Gasteiger partial charge in [-0.25, -0.2) is 0 Å². The van der Waals surface area contributed by atoms with Gasteiger partial charge in [-0.15, -0.1) is 0 Å². The van der Waals surface area contributed by atoms with Gasteiger partial charge in [0.15, 0.2) is 0 Å². The molecule has 4 aromatic carbocycles. The predicted molar refractivity (Wildman–Crippen MR) is 125 cm³/mol. The summed E-state index contributed by atoms with van der Waals surface area (Å²) in [7, 11) is -4.04. The van der Waals surface area contributed by atoms with Gasteiger partial charge in [0.05, 0.1) is 0 Å². The Labute approximate surface area is 183 Å². The third-order valence-electron chi connectivity index (χ3n) is 4.88. The molecule has 0 spiro atoms. The van der Waals surface area contributed by atoms with Gasteiger partial charge in [-0.05, 0) is 54.6 Å². The van der Waals surface area contributed by atoms with Crippen molar-refractivity contribution in [3.05, 3.63) is 102 Å². The molecule has 0 saturated carbocycles. The number of phosphoric acid groups is 1. The van der Waals surface area contributed by atoms with E-state index in [9.17, 15) is 4.57 Å². The summed E-state index contributed by atoms with van der Waals surface area (Å²) >= 11 is 0. The second-order valence-corrected chi connectivity index (χ2v) is 8.85. The Morgan fingerprint density at radius 2 is 1.32 bits per heavy atom. The first-order valence-corrected chi connectivity index (χ1v) is 11.8. The molecule has 4 nitrogen and oxygen atoms in total. The van der Waals surface area contributed by atoms with Crippen molar-refractivity contribution in [1.29, 1.82) is 0 Å². The lowest BCUT2D eigenvalue weighted by Crippen LogP contribution is -2.08. The van der Waals surface area contributed by atoms with Crippen molar-refractivity contribution in [1.82, 2.24) is 0 Å². The lowest BCUT2D eigenvalue weighted by Gasteiger charge is -2.20. The molecule has 0 fully saturated rings. The van der Waals surface area contributed by atoms with E-state index in [1.165, 1.54) is 5.56 Å². The van der Waals surface area contributed by atoms with Gasteiger partial charge in [-0.3, -0.25) is 0 Å². The van der Waals surface area contributed by atoms with Crippen LogP contribution in [0.25, 0.3) is 10.8 Å². The first kappa shape index (κ1) is 21.0. The lowest BCUT2D eigenvalue weighted by atomic mass is 10.1. The maximum atomic E-state index is 13.8. The molecule has 4 rings (SSSR count). The summed E-state index contributed by atoms with van der Waals surface area (Å²) in [6.45, 7) is 4.11. The van der Waals surface area contributed by atoms with E-state index in [1.807, 2.05) is 67.6 Å². The van der Waals surface area contributed by atoms with Crippen molar-refractivity contribution in [2.45, 2.75) is 26.7 Å². The summed E-state index contributed by atoms with van der Waals surface area (Å²) in [4.78, 5) is 0. The Balaban J connectivity index is 1.67. The monoisotopic (exact) mass is 432 g/mol. The number of rotatable bonds is 8. The fourth-order valence-electron chi connectivity index (χ4n) is 3.31. The summed E-state index contributed by atoms with van der Waals surface area (Å²) in [6.07, 6.45) is 2.03. The Morgan fingerprint density at radius 3 is 2.00 bits per heavy atom. The first-order chi connectivity index (χ1) is 15.0. The van der Waals surface area contributed by atoms with Crippen LogP contribution in [0.3, 0.4) is 0 Å². The first-order valence-electron chi connectivity index (χ1n) is 10.4. The highest BCUT2D eigenvalue weighted by molar-refractivity contribution is 7.49. The molecule has 0 aliphatic carbocycles. The van der Waals surface area contributed by atoms with Gasteiger partial charge in [-0.2, -0.15) is 4.57 Å². The minimum absolute atomic E-state index is 0.414. The van der Waals surface area contributed by atoms with Crippen LogP contribution in [0.15, 0.2) is 91.0 Å². The van der Waals surface area contributed by atoms with Crippen LogP contribution in [0.2, 0.25) is 0 Å². The molecule has 0 saturated heterocycles. The molecule has 1 unspecified atom stereocenters. The van der Waals surface area contributed by atoms with Crippen molar-refractivity contribution in [2.75, 3.05) is 0 Å². The average Bonchev–Trinajstić information content (AvgIpc) is 2.77. The molecule has 1 atom stereocenters. The van der Waals surface area contributed by atoms with E-state index in [0.29, 0.717) is 17.2 Å². The second kappa shape index (κ2) is 9.28. The Kier molecular flexibility index (Phi) is 6.29. The molecule has 0 radical (unpaired) electrons. The van der Waals surface area contributed by atoms with Crippen molar-refractivity contribution in [2.24, 2.45) is 0 Å². The molecule has 0 heterocycles. The molecule has 0 aliphatic rings. The zero-order valence-electron chi connectivity index (χ0n) is 17.7. The van der Waals surface area contributed by atoms with E-state index < -0.39 is 7.82 Å². The molecule has 31 heavy (non-hydrogen) atoms. The lowest BCUT2D eigenvalue weighted by molar-refractivity contribution is 0.299. The molecule has 0 bridgehead atoms. The van der Waals surface area contributed by atoms with Crippen molar-refractivity contribution >= 4 is 18.6 Å². The predicted octanol–water partition coefficient (Wildman–Crippen LogP) is 7.75. The Bertz CT molecular complexity index is 1200. The van der Waals surface area contributed by atoms with Crippen LogP contribution >= 0.6 is 7.82 Å². The highest BCUT2D eigenvalue weighted by Gasteiger charge is 2.33. The summed E-state index contributed by atoms with van der Waals surface area (Å²) < 4.78 is 31.4. The molecule has 4 aromatic rings. The van der Waals surface area contributed by atoms with E-state index in [2.05, 4.69) is 6.92 Å². The van der Waals surface area contributed by atoms with Crippen LogP contribution in [0, 0.1) is 6.92 Å². The molecule has 0 aliphatic heterocycles. The highest BCUT2D eigenvalue weighted by Crippen LogP contribution is 2.51. The highest BCUT2D eigenvalue weighted by atomic mass is 31.2. The fraction of sp³-hybridized carbons (Fsp3) is 0.154. The summed E-state index contributed by atoms with van der Waals surface area (Å²) in [5, 5.41) is 1.81. The Morgan fingerprint density at radius 1 is 0.710 bits per heavy atom. The van der Waals surface area contributed by atoms with E-state index >= 15 is 0 Å². The molecular weight excluding hydrogens is 407 g/mol. The zero-order chi connectivity index (χ0) is 21.7. The molecule has 0 amide bonds. The van der Waals surface area contributed by atoms with Gasteiger partial charge in [0.25, 0.3) is 0 Å². The van der Waals surface area contributed by atoms with E-state index in [1.54, 1.807) is 30.3 Å². The minimum Gasteiger partial charge on any atom is -0.386 e. The third kappa shape index (κ3) is 5.28. The van der Waals surface area contributed by atoms with Gasteiger partial charge >= 0.3 is 7.82 Å². The fourth-order valence-corrected chi connectivity index (χ4v) is 4.59. The number of phosphoric ester groups is 1. The van der Waals surface area contributed by atoms with Crippen LogP contribution < -0.4 is 13.6 Å². The molecular formula is C26H25O4P. The van der Waals surface area contributed by atoms with E-state index in [0.717, 1.165) is 29.2 Å². The quantitative estimate of drug-likeness (QED) is 0.267. The number of hydrogen-bond donors (Lipinski definition) is 0. The average molecular weight is 432 g/mol. The van der Waals surface area contributed by atoms with Gasteiger partial charge < -0.3 is 13.6 Å². The number of fused-ring (bicyclic) bond motifs is 1. The maximum absolute atomic E-state index is 13.8. The van der Waals surface area contributed by atoms with Crippen LogP contribution in [-0.2, 0) is 11.0 Å². The number of hydrogen-bond acceptors (Lipinski definition) is 4. The standard InChI is InChI=1S/C26H25O4P/c1-3-7-21-14-18-24(19-15-21)29-31(27,28-23-16-12-20(2)13-17-23)30-26-11-6-9-22-8-4-5-10-25(22)26/h4-6,8-19H,3,7H2,1-2H3. The van der Waals surface area contributed by atoms with Gasteiger partial charge in [-0.1, -0.05) is 79.6 Å². The summed E-state index contributed by atoms with van der Waals surface area (Å²) in [5.74, 6) is 1.28. The molecule has 158 valence electrons. The van der Waals surface area contributed by atoms with Crippen LogP contribution in [-0.4, -0.2) is 0 Å². The third-order valence-corrected chi connectivity index (χ3v) is 6.17. The van der Waals surface area contributed by atoms with Gasteiger partial charge in [0, 0.05) is 5.39 Å². The smallest absolute Gasteiger partial charge is 0.386 e. The normalized spacial score (nSPS) is 12.8. The number of benzene rings is 4. The summed E-state index contributed by atoms with van der Waals surface area (Å²) in [5.41, 5.74) is 2.27. The Hall–Kier alpha value is -3.23. The van der Waals surface area contributed by atoms with Crippen molar-refractivity contribution in [3.8, 4) is 17.2 Å². The minimum atomic E-state index is -4.04. The zero-order valence-corrected chi connectivity index (χ0v) is 18.5. The van der Waals surface area contributed by atoms with Crippen molar-refractivity contribution < 1.29 is 18.1 Å². The molecule has 0 N–H and O–H groups in total. The molecule has 5 heteroatoms. The van der Waals surface area contributed by atoms with Crippen LogP contribution in [0.1, 0.15) is 24.5 Å². The van der Waals surface area contributed by atoms with Crippen molar-refractivity contribution in [3.63, 3.8) is 0 Å². The summed E-state index contributed by atoms with van der Waals surface area (Å²) in [6, 6.07) is 28.1.